The van der Waals surface area contributed by atoms with Crippen LogP contribution in [0.25, 0.3) is 10.2 Å². The number of benzene rings is 2. The first-order chi connectivity index (χ1) is 13.2. The van der Waals surface area contributed by atoms with E-state index in [4.69, 9.17) is 9.15 Å². The minimum absolute atomic E-state index is 0.309. The van der Waals surface area contributed by atoms with Crippen molar-refractivity contribution in [1.29, 1.82) is 0 Å². The van der Waals surface area contributed by atoms with Crippen molar-refractivity contribution in [2.75, 3.05) is 12.1 Å². The summed E-state index contributed by atoms with van der Waals surface area (Å²) in [7, 11) is 1.56. The SMILES string of the molecule is COc1cccc(C(=O)N(/N=C/c2ccco2)c2nc3ccccc3s2)c1. The number of aromatic nitrogens is 1. The molecule has 4 rings (SSSR count). The summed E-state index contributed by atoms with van der Waals surface area (Å²) in [5.41, 5.74) is 1.26. The number of carbonyl (C=O) groups is 1. The lowest BCUT2D eigenvalue weighted by atomic mass is 10.2. The summed E-state index contributed by atoms with van der Waals surface area (Å²) in [4.78, 5) is 17.7. The first-order valence-electron chi connectivity index (χ1n) is 8.16. The molecule has 0 N–H and O–H groups in total. The summed E-state index contributed by atoms with van der Waals surface area (Å²) < 4.78 is 11.5. The molecule has 0 aliphatic rings. The summed E-state index contributed by atoms with van der Waals surface area (Å²) in [5, 5.41) is 6.09. The molecule has 0 bridgehead atoms. The molecular formula is C20H15N3O3S. The second kappa shape index (κ2) is 7.43. The highest BCUT2D eigenvalue weighted by atomic mass is 32.1. The van der Waals surface area contributed by atoms with Gasteiger partial charge >= 0.3 is 0 Å². The van der Waals surface area contributed by atoms with Crippen molar-refractivity contribution in [1.82, 2.24) is 4.98 Å². The summed E-state index contributed by atoms with van der Waals surface area (Å²) in [6.45, 7) is 0. The van der Waals surface area contributed by atoms with Crippen molar-refractivity contribution in [3.05, 3.63) is 78.3 Å². The predicted octanol–water partition coefficient (Wildman–Crippen LogP) is 4.58. The van der Waals surface area contributed by atoms with E-state index in [1.54, 1.807) is 49.8 Å². The summed E-state index contributed by atoms with van der Waals surface area (Å²) in [6, 6.07) is 18.2. The molecule has 27 heavy (non-hydrogen) atoms. The molecule has 1 amide bonds. The minimum atomic E-state index is -0.309. The second-order valence-corrected chi connectivity index (χ2v) is 6.58. The quantitative estimate of drug-likeness (QED) is 0.377. The average Bonchev–Trinajstić information content (AvgIpc) is 3.37. The summed E-state index contributed by atoms with van der Waals surface area (Å²) in [5.74, 6) is 0.829. The number of hydrogen-bond acceptors (Lipinski definition) is 6. The van der Waals surface area contributed by atoms with E-state index in [1.807, 2.05) is 24.3 Å². The van der Waals surface area contributed by atoms with Crippen LogP contribution in [0, 0.1) is 0 Å². The van der Waals surface area contributed by atoms with E-state index in [1.165, 1.54) is 22.6 Å². The van der Waals surface area contributed by atoms with Gasteiger partial charge in [-0.15, -0.1) is 0 Å². The molecule has 0 radical (unpaired) electrons. The van der Waals surface area contributed by atoms with Crippen molar-refractivity contribution in [2.45, 2.75) is 0 Å². The van der Waals surface area contributed by atoms with E-state index in [9.17, 15) is 4.79 Å². The molecule has 134 valence electrons. The van der Waals surface area contributed by atoms with Crippen LogP contribution < -0.4 is 9.75 Å². The lowest BCUT2D eigenvalue weighted by Gasteiger charge is -2.14. The van der Waals surface area contributed by atoms with Gasteiger partial charge in [0.25, 0.3) is 5.91 Å². The molecule has 4 aromatic rings. The smallest absolute Gasteiger partial charge is 0.280 e. The molecular weight excluding hydrogens is 362 g/mol. The predicted molar refractivity (Wildman–Crippen MR) is 106 cm³/mol. The Morgan fingerprint density at radius 3 is 2.85 bits per heavy atom. The zero-order chi connectivity index (χ0) is 18.6. The molecule has 0 unspecified atom stereocenters. The number of fused-ring (bicyclic) bond motifs is 1. The minimum Gasteiger partial charge on any atom is -0.497 e. The normalized spacial score (nSPS) is 11.1. The van der Waals surface area contributed by atoms with Crippen LogP contribution in [0.3, 0.4) is 0 Å². The van der Waals surface area contributed by atoms with Crippen LogP contribution in [-0.4, -0.2) is 24.2 Å². The van der Waals surface area contributed by atoms with Gasteiger partial charge in [-0.3, -0.25) is 4.79 Å². The van der Waals surface area contributed by atoms with Crippen molar-refractivity contribution in [3.63, 3.8) is 0 Å². The van der Waals surface area contributed by atoms with Crippen molar-refractivity contribution >= 4 is 38.8 Å². The highest BCUT2D eigenvalue weighted by Gasteiger charge is 2.21. The first kappa shape index (κ1) is 17.0. The molecule has 0 atom stereocenters. The van der Waals surface area contributed by atoms with Gasteiger partial charge < -0.3 is 9.15 Å². The van der Waals surface area contributed by atoms with Gasteiger partial charge in [0.2, 0.25) is 5.13 Å². The van der Waals surface area contributed by atoms with Crippen LogP contribution in [0.1, 0.15) is 16.1 Å². The molecule has 0 fully saturated rings. The largest absolute Gasteiger partial charge is 0.497 e. The number of amides is 1. The molecule has 0 saturated heterocycles. The van der Waals surface area contributed by atoms with Crippen LogP contribution in [0.15, 0.2) is 76.4 Å². The highest BCUT2D eigenvalue weighted by Crippen LogP contribution is 2.30. The standard InChI is InChI=1S/C20H15N3O3S/c1-25-15-7-4-6-14(12-15)19(24)23(21-13-16-8-5-11-26-16)20-22-17-9-2-3-10-18(17)27-20/h2-13H,1H3/b21-13+. The van der Waals surface area contributed by atoms with Gasteiger partial charge in [0, 0.05) is 5.56 Å². The van der Waals surface area contributed by atoms with E-state index < -0.39 is 0 Å². The lowest BCUT2D eigenvalue weighted by Crippen LogP contribution is -2.25. The van der Waals surface area contributed by atoms with E-state index in [2.05, 4.69) is 10.1 Å². The van der Waals surface area contributed by atoms with Crippen molar-refractivity contribution < 1.29 is 13.9 Å². The Hall–Kier alpha value is -3.45. The van der Waals surface area contributed by atoms with Crippen LogP contribution in [0.2, 0.25) is 0 Å². The van der Waals surface area contributed by atoms with Crippen molar-refractivity contribution in [3.8, 4) is 5.75 Å². The zero-order valence-corrected chi connectivity index (χ0v) is 15.2. The fourth-order valence-corrected chi connectivity index (χ4v) is 3.42. The van der Waals surface area contributed by atoms with Gasteiger partial charge in [-0.2, -0.15) is 10.1 Å². The van der Waals surface area contributed by atoms with Crippen LogP contribution in [-0.2, 0) is 0 Å². The number of carbonyl (C=O) groups excluding carboxylic acids is 1. The van der Waals surface area contributed by atoms with Gasteiger partial charge in [-0.05, 0) is 42.5 Å². The number of anilines is 1. The van der Waals surface area contributed by atoms with Crippen LogP contribution in [0.4, 0.5) is 5.13 Å². The molecule has 6 nitrogen and oxygen atoms in total. The topological polar surface area (TPSA) is 67.9 Å². The van der Waals surface area contributed by atoms with Crippen LogP contribution in [0.5, 0.6) is 5.75 Å². The number of hydrogen-bond donors (Lipinski definition) is 0. The van der Waals surface area contributed by atoms with Gasteiger partial charge in [-0.1, -0.05) is 29.5 Å². The van der Waals surface area contributed by atoms with E-state index in [0.29, 0.717) is 22.2 Å². The average molecular weight is 377 g/mol. The maximum atomic E-state index is 13.1. The number of nitrogens with zero attached hydrogens (tertiary/aromatic N) is 3. The summed E-state index contributed by atoms with van der Waals surface area (Å²) >= 11 is 1.39. The number of hydrazone groups is 1. The Balaban J connectivity index is 1.75. The maximum absolute atomic E-state index is 13.1. The Morgan fingerprint density at radius 2 is 2.07 bits per heavy atom. The first-order valence-corrected chi connectivity index (χ1v) is 8.98. The molecule has 2 aromatic heterocycles. The Morgan fingerprint density at radius 1 is 1.19 bits per heavy atom. The Labute approximate surface area is 159 Å². The molecule has 7 heteroatoms. The van der Waals surface area contributed by atoms with Gasteiger partial charge in [0.05, 0.1) is 29.8 Å². The fraction of sp³-hybridized carbons (Fsp3) is 0.0500. The van der Waals surface area contributed by atoms with Gasteiger partial charge in [0.1, 0.15) is 11.5 Å². The second-order valence-electron chi connectivity index (χ2n) is 5.57. The molecule has 0 spiro atoms. The molecule has 2 aromatic carbocycles. The fourth-order valence-electron chi connectivity index (χ4n) is 2.50. The summed E-state index contributed by atoms with van der Waals surface area (Å²) in [6.07, 6.45) is 3.04. The number of ether oxygens (including phenoxy) is 1. The number of thiazole rings is 1. The monoisotopic (exact) mass is 377 g/mol. The zero-order valence-electron chi connectivity index (χ0n) is 14.4. The Bertz CT molecular complexity index is 1070. The Kier molecular flexibility index (Phi) is 4.67. The number of methoxy groups -OCH3 is 1. The van der Waals surface area contributed by atoms with E-state index >= 15 is 0 Å². The molecule has 0 saturated carbocycles. The number of para-hydroxylation sites is 1. The molecule has 2 heterocycles. The van der Waals surface area contributed by atoms with E-state index in [0.717, 1.165) is 10.2 Å². The van der Waals surface area contributed by atoms with Crippen LogP contribution >= 0.6 is 11.3 Å². The lowest BCUT2D eigenvalue weighted by molar-refractivity contribution is 0.0987. The number of rotatable bonds is 5. The maximum Gasteiger partial charge on any atom is 0.280 e. The third-order valence-electron chi connectivity index (χ3n) is 3.82. The number of furan rings is 1. The highest BCUT2D eigenvalue weighted by molar-refractivity contribution is 7.22. The third-order valence-corrected chi connectivity index (χ3v) is 4.83. The van der Waals surface area contributed by atoms with E-state index in [-0.39, 0.29) is 5.91 Å². The third kappa shape index (κ3) is 3.58. The van der Waals surface area contributed by atoms with Crippen molar-refractivity contribution in [2.24, 2.45) is 5.10 Å². The van der Waals surface area contributed by atoms with Gasteiger partial charge in [-0.25, -0.2) is 4.98 Å². The molecule has 0 aliphatic carbocycles. The van der Waals surface area contributed by atoms with Gasteiger partial charge in [0.15, 0.2) is 0 Å². The molecule has 0 aliphatic heterocycles.